The summed E-state index contributed by atoms with van der Waals surface area (Å²) in [6.45, 7) is 4.12. The Labute approximate surface area is 173 Å². The minimum Gasteiger partial charge on any atom is -0.467 e. The van der Waals surface area contributed by atoms with Gasteiger partial charge < -0.3 is 15.1 Å². The van der Waals surface area contributed by atoms with Crippen molar-refractivity contribution in [2.24, 2.45) is 4.99 Å². The van der Waals surface area contributed by atoms with Gasteiger partial charge in [-0.2, -0.15) is 0 Å². The Morgan fingerprint density at radius 1 is 1.11 bits per heavy atom. The predicted molar refractivity (Wildman–Crippen MR) is 116 cm³/mol. The number of aromatic nitrogens is 2. The Morgan fingerprint density at radius 3 is 2.54 bits per heavy atom. The van der Waals surface area contributed by atoms with Crippen molar-refractivity contribution in [1.29, 1.82) is 0 Å². The molecule has 0 fully saturated rings. The second kappa shape index (κ2) is 9.29. The van der Waals surface area contributed by atoms with E-state index in [1.165, 1.54) is 0 Å². The Kier molecular flexibility index (Phi) is 6.57. The van der Waals surface area contributed by atoms with Crippen molar-refractivity contribution in [3.05, 3.63) is 70.9 Å². The van der Waals surface area contributed by atoms with Crippen molar-refractivity contribution in [3.8, 4) is 0 Å². The molecule has 2 heterocycles. The molecule has 0 aliphatic heterocycles. The van der Waals surface area contributed by atoms with Crippen LogP contribution in [0.5, 0.6) is 0 Å². The van der Waals surface area contributed by atoms with Crippen molar-refractivity contribution < 1.29 is 4.42 Å². The SMILES string of the molecule is Cc1cc(C)nc(NC(=NCc2ccco2)NC(=S)Nc2ccccc2Cl)n1. The first-order valence-corrected chi connectivity index (χ1v) is 9.27. The molecule has 0 atom stereocenters. The zero-order valence-corrected chi connectivity index (χ0v) is 16.9. The lowest BCUT2D eigenvalue weighted by Crippen LogP contribution is -2.39. The fourth-order valence-electron chi connectivity index (χ4n) is 2.38. The van der Waals surface area contributed by atoms with Gasteiger partial charge >= 0.3 is 0 Å². The third-order valence-corrected chi connectivity index (χ3v) is 4.07. The van der Waals surface area contributed by atoms with Gasteiger partial charge in [-0.1, -0.05) is 23.7 Å². The third kappa shape index (κ3) is 5.77. The van der Waals surface area contributed by atoms with Crippen LogP contribution in [0.4, 0.5) is 11.6 Å². The Balaban J connectivity index is 1.76. The summed E-state index contributed by atoms with van der Waals surface area (Å²) in [7, 11) is 0. The van der Waals surface area contributed by atoms with Gasteiger partial charge in [0.2, 0.25) is 11.9 Å². The van der Waals surface area contributed by atoms with E-state index in [0.29, 0.717) is 40.0 Å². The summed E-state index contributed by atoms with van der Waals surface area (Å²) in [5.41, 5.74) is 2.38. The first kappa shape index (κ1) is 19.8. The van der Waals surface area contributed by atoms with Gasteiger partial charge in [0.05, 0.1) is 17.0 Å². The summed E-state index contributed by atoms with van der Waals surface area (Å²) in [5.74, 6) is 1.52. The van der Waals surface area contributed by atoms with E-state index in [1.54, 1.807) is 12.3 Å². The van der Waals surface area contributed by atoms with Gasteiger partial charge in [-0.15, -0.1) is 0 Å². The van der Waals surface area contributed by atoms with Crippen LogP contribution in [-0.2, 0) is 6.54 Å². The third-order valence-electron chi connectivity index (χ3n) is 3.54. The van der Waals surface area contributed by atoms with Crippen molar-refractivity contribution >= 4 is 46.5 Å². The van der Waals surface area contributed by atoms with E-state index in [2.05, 4.69) is 30.9 Å². The summed E-state index contributed by atoms with van der Waals surface area (Å²) >= 11 is 11.6. The van der Waals surface area contributed by atoms with Gasteiger partial charge in [-0.05, 0) is 56.4 Å². The molecular weight excluding hydrogens is 396 g/mol. The second-order valence-electron chi connectivity index (χ2n) is 5.90. The lowest BCUT2D eigenvalue weighted by Gasteiger charge is -2.14. The van der Waals surface area contributed by atoms with E-state index >= 15 is 0 Å². The van der Waals surface area contributed by atoms with Gasteiger partial charge in [0.1, 0.15) is 12.3 Å². The molecule has 0 unspecified atom stereocenters. The highest BCUT2D eigenvalue weighted by Gasteiger charge is 2.09. The maximum absolute atomic E-state index is 6.17. The van der Waals surface area contributed by atoms with Gasteiger partial charge in [-0.3, -0.25) is 5.32 Å². The topological polar surface area (TPSA) is 87.4 Å². The highest BCUT2D eigenvalue weighted by atomic mass is 35.5. The molecule has 3 N–H and O–H groups in total. The number of hydrogen-bond acceptors (Lipinski definition) is 5. The molecule has 0 saturated carbocycles. The molecule has 3 aromatic rings. The zero-order valence-electron chi connectivity index (χ0n) is 15.4. The molecule has 1 aromatic carbocycles. The van der Waals surface area contributed by atoms with Crippen LogP contribution in [0.2, 0.25) is 5.02 Å². The van der Waals surface area contributed by atoms with E-state index in [9.17, 15) is 0 Å². The number of hydrogen-bond donors (Lipinski definition) is 3. The summed E-state index contributed by atoms with van der Waals surface area (Å²) < 4.78 is 5.33. The first-order valence-electron chi connectivity index (χ1n) is 8.48. The molecule has 0 bridgehead atoms. The molecule has 28 heavy (non-hydrogen) atoms. The summed E-state index contributed by atoms with van der Waals surface area (Å²) in [5, 5.41) is 10.0. The van der Waals surface area contributed by atoms with Crippen LogP contribution >= 0.6 is 23.8 Å². The number of nitrogens with one attached hydrogen (secondary N) is 3. The molecule has 9 heteroatoms. The minimum atomic E-state index is 0.321. The fraction of sp³-hybridized carbons (Fsp3) is 0.158. The maximum Gasteiger partial charge on any atom is 0.229 e. The molecule has 0 aliphatic carbocycles. The van der Waals surface area contributed by atoms with E-state index in [-0.39, 0.29) is 0 Å². The second-order valence-corrected chi connectivity index (χ2v) is 6.72. The fourth-order valence-corrected chi connectivity index (χ4v) is 2.77. The predicted octanol–water partition coefficient (Wildman–Crippen LogP) is 4.29. The van der Waals surface area contributed by atoms with Gasteiger partial charge in [0.15, 0.2) is 5.11 Å². The van der Waals surface area contributed by atoms with Crippen LogP contribution in [0.1, 0.15) is 17.1 Å². The van der Waals surface area contributed by atoms with Crippen LogP contribution in [-0.4, -0.2) is 21.0 Å². The molecule has 144 valence electrons. The normalized spacial score (nSPS) is 11.2. The number of thiocarbonyl (C=S) groups is 1. The van der Waals surface area contributed by atoms with E-state index < -0.39 is 0 Å². The molecule has 0 radical (unpaired) electrons. The molecule has 0 saturated heterocycles. The van der Waals surface area contributed by atoms with Crippen molar-refractivity contribution in [2.75, 3.05) is 10.6 Å². The maximum atomic E-state index is 6.17. The molecule has 3 rings (SSSR count). The lowest BCUT2D eigenvalue weighted by molar-refractivity contribution is 0.512. The van der Waals surface area contributed by atoms with Crippen molar-refractivity contribution in [3.63, 3.8) is 0 Å². The Hall–Kier alpha value is -2.97. The molecule has 0 aliphatic rings. The average Bonchev–Trinajstić information content (AvgIpc) is 3.14. The number of anilines is 2. The van der Waals surface area contributed by atoms with Crippen LogP contribution in [0.3, 0.4) is 0 Å². The summed E-state index contributed by atoms with van der Waals surface area (Å²) in [4.78, 5) is 13.2. The highest BCUT2D eigenvalue weighted by Crippen LogP contribution is 2.20. The molecule has 0 amide bonds. The van der Waals surface area contributed by atoms with Crippen LogP contribution in [0.15, 0.2) is 58.1 Å². The first-order chi connectivity index (χ1) is 13.5. The van der Waals surface area contributed by atoms with Gasteiger partial charge in [-0.25, -0.2) is 15.0 Å². The van der Waals surface area contributed by atoms with E-state index in [4.69, 9.17) is 28.2 Å². The molecule has 7 nitrogen and oxygen atoms in total. The van der Waals surface area contributed by atoms with Crippen LogP contribution in [0.25, 0.3) is 0 Å². The Bertz CT molecular complexity index is 970. The standard InChI is InChI=1S/C19H19ClN6OS/c1-12-10-13(2)23-18(22-12)25-17(21-11-14-6-5-9-27-14)26-19(28)24-16-8-4-3-7-15(16)20/h3-10H,11H2,1-2H3,(H3,21,22,23,24,25,26,28). The quantitative estimate of drug-likeness (QED) is 0.333. The largest absolute Gasteiger partial charge is 0.467 e. The lowest BCUT2D eigenvalue weighted by atomic mass is 10.3. The van der Waals surface area contributed by atoms with Crippen molar-refractivity contribution in [2.45, 2.75) is 20.4 Å². The number of aliphatic imine (C=N–C) groups is 1. The van der Waals surface area contributed by atoms with Crippen LogP contribution in [0, 0.1) is 13.8 Å². The van der Waals surface area contributed by atoms with E-state index in [0.717, 1.165) is 11.4 Å². The number of halogens is 1. The summed E-state index contributed by atoms with van der Waals surface area (Å²) in [6.07, 6.45) is 1.60. The number of benzene rings is 1. The number of furan rings is 1. The Morgan fingerprint density at radius 2 is 1.86 bits per heavy atom. The van der Waals surface area contributed by atoms with Gasteiger partial charge in [0.25, 0.3) is 0 Å². The number of para-hydroxylation sites is 1. The average molecular weight is 415 g/mol. The number of guanidine groups is 1. The summed E-state index contributed by atoms with van der Waals surface area (Å²) in [6, 6.07) is 12.9. The molecule has 2 aromatic heterocycles. The zero-order chi connectivity index (χ0) is 19.9. The van der Waals surface area contributed by atoms with Crippen LogP contribution < -0.4 is 16.0 Å². The minimum absolute atomic E-state index is 0.321. The monoisotopic (exact) mass is 414 g/mol. The molecule has 0 spiro atoms. The molecular formula is C19H19ClN6OS. The number of aryl methyl sites for hydroxylation is 2. The highest BCUT2D eigenvalue weighted by molar-refractivity contribution is 7.80. The van der Waals surface area contributed by atoms with Gasteiger partial charge in [0, 0.05) is 11.4 Å². The van der Waals surface area contributed by atoms with E-state index in [1.807, 2.05) is 50.2 Å². The smallest absolute Gasteiger partial charge is 0.229 e. The number of nitrogens with zero attached hydrogens (tertiary/aromatic N) is 3. The van der Waals surface area contributed by atoms with Crippen molar-refractivity contribution in [1.82, 2.24) is 15.3 Å². The number of rotatable bonds is 4.